The summed E-state index contributed by atoms with van der Waals surface area (Å²) < 4.78 is 5.42. The van der Waals surface area contributed by atoms with E-state index in [2.05, 4.69) is 48.3 Å². The van der Waals surface area contributed by atoms with E-state index in [0.29, 0.717) is 42.0 Å². The van der Waals surface area contributed by atoms with E-state index in [1.807, 2.05) is 11.6 Å². The second-order valence-corrected chi connectivity index (χ2v) is 16.4. The number of fused-ring (bicyclic) bond motifs is 4. The molecule has 2 saturated carbocycles. The number of nitrogens with one attached hydrogen (secondary N) is 1. The van der Waals surface area contributed by atoms with Crippen molar-refractivity contribution in [3.8, 4) is 0 Å². The topological polar surface area (TPSA) is 58.6 Å². The van der Waals surface area contributed by atoms with Crippen molar-refractivity contribution in [3.05, 3.63) is 52.6 Å². The van der Waals surface area contributed by atoms with E-state index in [-0.39, 0.29) is 6.09 Å². The number of ether oxygens (including phenoxy) is 1. The van der Waals surface area contributed by atoms with Crippen LogP contribution in [0.4, 0.5) is 10.5 Å². The number of anilines is 1. The summed E-state index contributed by atoms with van der Waals surface area (Å²) in [4.78, 5) is 26.6. The third-order valence-corrected chi connectivity index (χ3v) is 13.0. The smallest absolute Gasteiger partial charge is 0.407 e. The average Bonchev–Trinajstić information content (AvgIpc) is 3.40. The standard InChI is InChI=1S/C42H62Cl2N2O3/c1-31-13-22-39-38-20-16-33-29-36(47)19-21-37(33)40(38)34(30-42(31,39)2)12-8-6-4-3-5-7-9-28-49-41(48)45-25-10-11-32-14-17-35(18-15-32)46(26-23-43)27-24-44/h14-15,17-18,29,31,34,38-39H,3-13,16,19-28,30H2,1-2H3,(H,45,48)/t31-,34-,38?,39?,42+/m0/s1. The quantitative estimate of drug-likeness (QED) is 0.115. The summed E-state index contributed by atoms with van der Waals surface area (Å²) in [5, 5.41) is 2.90. The molecular formula is C42H62Cl2N2O3. The number of amides is 1. The number of rotatable bonds is 19. The summed E-state index contributed by atoms with van der Waals surface area (Å²) in [5.41, 5.74) is 7.71. The van der Waals surface area contributed by atoms with Crippen LogP contribution in [0.1, 0.15) is 122 Å². The molecule has 5 nitrogen and oxygen atoms in total. The Balaban J connectivity index is 0.922. The number of nitrogens with zero attached hydrogens (tertiary/aromatic N) is 1. The Hall–Kier alpha value is -1.98. The number of halogens is 2. The van der Waals surface area contributed by atoms with Gasteiger partial charge in [0, 0.05) is 43.5 Å². The number of carbonyl (C=O) groups is 2. The zero-order chi connectivity index (χ0) is 34.6. The van der Waals surface area contributed by atoms with Crippen molar-refractivity contribution in [1.29, 1.82) is 0 Å². The second kappa shape index (κ2) is 19.0. The number of ketones is 1. The molecule has 1 amide bonds. The van der Waals surface area contributed by atoms with Crippen molar-refractivity contribution in [2.45, 2.75) is 123 Å². The third kappa shape index (κ3) is 10.1. The predicted molar refractivity (Wildman–Crippen MR) is 205 cm³/mol. The van der Waals surface area contributed by atoms with Crippen LogP contribution in [0.2, 0.25) is 0 Å². The van der Waals surface area contributed by atoms with Crippen molar-refractivity contribution in [2.24, 2.45) is 29.1 Å². The van der Waals surface area contributed by atoms with Gasteiger partial charge in [0.1, 0.15) is 0 Å². The van der Waals surface area contributed by atoms with E-state index in [1.165, 1.54) is 75.3 Å². The minimum atomic E-state index is -0.304. The maximum atomic E-state index is 12.2. The number of alkyl halides is 2. The molecule has 0 spiro atoms. The highest BCUT2D eigenvalue weighted by Crippen LogP contribution is 2.64. The first kappa shape index (κ1) is 38.3. The lowest BCUT2D eigenvalue weighted by molar-refractivity contribution is -0.114. The molecule has 0 bridgehead atoms. The van der Waals surface area contributed by atoms with Gasteiger partial charge < -0.3 is 15.0 Å². The fourth-order valence-electron chi connectivity index (χ4n) is 9.86. The lowest BCUT2D eigenvalue weighted by Crippen LogP contribution is -2.43. The van der Waals surface area contributed by atoms with E-state index < -0.39 is 0 Å². The number of allylic oxidation sites excluding steroid dienone is 4. The summed E-state index contributed by atoms with van der Waals surface area (Å²) >= 11 is 11.9. The van der Waals surface area contributed by atoms with Gasteiger partial charge in [-0.2, -0.15) is 0 Å². The molecule has 2 unspecified atom stereocenters. The highest BCUT2D eigenvalue weighted by Gasteiger charge is 2.54. The van der Waals surface area contributed by atoms with Gasteiger partial charge in [-0.25, -0.2) is 4.79 Å². The average molecular weight is 714 g/mol. The Labute approximate surface area is 307 Å². The fraction of sp³-hybridized carbons (Fsp3) is 0.714. The van der Waals surface area contributed by atoms with Crippen LogP contribution in [0.5, 0.6) is 0 Å². The van der Waals surface area contributed by atoms with E-state index in [1.54, 1.807) is 5.57 Å². The fourth-order valence-corrected chi connectivity index (χ4v) is 10.3. The van der Waals surface area contributed by atoms with Crippen molar-refractivity contribution in [1.82, 2.24) is 5.32 Å². The maximum absolute atomic E-state index is 12.2. The minimum absolute atomic E-state index is 0.304. The Morgan fingerprint density at radius 2 is 1.63 bits per heavy atom. The Bertz CT molecular complexity index is 1290. The van der Waals surface area contributed by atoms with Crippen LogP contribution < -0.4 is 10.2 Å². The number of unbranched alkanes of at least 4 members (excludes halogenated alkanes) is 6. The normalized spacial score (nSPS) is 26.1. The van der Waals surface area contributed by atoms with Gasteiger partial charge in [-0.05, 0) is 128 Å². The van der Waals surface area contributed by atoms with Crippen LogP contribution in [0.25, 0.3) is 0 Å². The van der Waals surface area contributed by atoms with E-state index in [4.69, 9.17) is 27.9 Å². The molecule has 0 heterocycles. The van der Waals surface area contributed by atoms with Crippen LogP contribution in [-0.4, -0.2) is 49.9 Å². The first-order valence-corrected chi connectivity index (χ1v) is 20.7. The molecule has 5 atom stereocenters. The van der Waals surface area contributed by atoms with Crippen molar-refractivity contribution in [2.75, 3.05) is 42.9 Å². The number of benzene rings is 1. The van der Waals surface area contributed by atoms with Gasteiger partial charge in [0.05, 0.1) is 6.61 Å². The van der Waals surface area contributed by atoms with Gasteiger partial charge in [0.15, 0.2) is 5.78 Å². The molecule has 49 heavy (non-hydrogen) atoms. The Morgan fingerprint density at radius 3 is 2.37 bits per heavy atom. The van der Waals surface area contributed by atoms with E-state index in [0.717, 1.165) is 81.5 Å². The summed E-state index contributed by atoms with van der Waals surface area (Å²) in [6, 6.07) is 8.52. The molecule has 1 aromatic rings. The van der Waals surface area contributed by atoms with Crippen LogP contribution in [-0.2, 0) is 16.0 Å². The monoisotopic (exact) mass is 712 g/mol. The van der Waals surface area contributed by atoms with Gasteiger partial charge in [-0.3, -0.25) is 4.79 Å². The second-order valence-electron chi connectivity index (χ2n) is 15.7. The number of aryl methyl sites for hydroxylation is 1. The highest BCUT2D eigenvalue weighted by molar-refractivity contribution is 6.18. The highest BCUT2D eigenvalue weighted by atomic mass is 35.5. The van der Waals surface area contributed by atoms with Gasteiger partial charge >= 0.3 is 6.09 Å². The molecule has 1 aromatic carbocycles. The first-order valence-electron chi connectivity index (χ1n) is 19.7. The number of hydrogen-bond donors (Lipinski definition) is 1. The SMILES string of the molecule is C[C@H]1CCC2C3CCC4=CC(=O)CCC4=C3[C@@H](CCCCCCCCCOC(=O)NCCCc3ccc(N(CCCl)CCCl)cc3)C[C@@]21C. The molecule has 0 aromatic heterocycles. The van der Waals surface area contributed by atoms with Crippen molar-refractivity contribution in [3.63, 3.8) is 0 Å². The van der Waals surface area contributed by atoms with E-state index in [9.17, 15) is 9.59 Å². The number of alkyl carbamates (subject to hydrolysis) is 1. The number of hydrogen-bond acceptors (Lipinski definition) is 4. The summed E-state index contributed by atoms with van der Waals surface area (Å²) in [5.74, 6) is 4.66. The lowest BCUT2D eigenvalue weighted by atomic mass is 9.52. The molecule has 4 aliphatic rings. The Morgan fingerprint density at radius 1 is 0.918 bits per heavy atom. The Kier molecular flexibility index (Phi) is 14.9. The molecule has 272 valence electrons. The van der Waals surface area contributed by atoms with Gasteiger partial charge in [0.25, 0.3) is 0 Å². The van der Waals surface area contributed by atoms with Crippen LogP contribution in [0.3, 0.4) is 0 Å². The molecule has 0 aliphatic heterocycles. The van der Waals surface area contributed by atoms with Gasteiger partial charge in [-0.1, -0.05) is 70.1 Å². The summed E-state index contributed by atoms with van der Waals surface area (Å²) in [6.45, 7) is 7.81. The lowest BCUT2D eigenvalue weighted by Gasteiger charge is -2.52. The summed E-state index contributed by atoms with van der Waals surface area (Å²) in [6.07, 6.45) is 21.5. The predicted octanol–water partition coefficient (Wildman–Crippen LogP) is 10.8. The van der Waals surface area contributed by atoms with Crippen LogP contribution >= 0.6 is 23.2 Å². The van der Waals surface area contributed by atoms with Crippen molar-refractivity contribution >= 4 is 40.8 Å². The molecule has 2 fully saturated rings. The van der Waals surface area contributed by atoms with Gasteiger partial charge in [0.2, 0.25) is 0 Å². The molecule has 5 rings (SSSR count). The largest absolute Gasteiger partial charge is 0.450 e. The van der Waals surface area contributed by atoms with E-state index >= 15 is 0 Å². The first-order chi connectivity index (χ1) is 23.8. The third-order valence-electron chi connectivity index (χ3n) is 12.7. The van der Waals surface area contributed by atoms with Crippen molar-refractivity contribution < 1.29 is 14.3 Å². The maximum Gasteiger partial charge on any atom is 0.407 e. The molecular weight excluding hydrogens is 651 g/mol. The summed E-state index contributed by atoms with van der Waals surface area (Å²) in [7, 11) is 0. The zero-order valence-electron chi connectivity index (χ0n) is 30.4. The molecule has 4 aliphatic carbocycles. The van der Waals surface area contributed by atoms with Crippen LogP contribution in [0.15, 0.2) is 47.1 Å². The van der Waals surface area contributed by atoms with Gasteiger partial charge in [-0.15, -0.1) is 23.2 Å². The van der Waals surface area contributed by atoms with Crippen LogP contribution in [0, 0.1) is 29.1 Å². The zero-order valence-corrected chi connectivity index (χ0v) is 31.9. The number of carbonyl (C=O) groups excluding carboxylic acids is 2. The molecule has 0 radical (unpaired) electrons. The molecule has 1 N–H and O–H groups in total. The molecule has 7 heteroatoms. The molecule has 0 saturated heterocycles. The minimum Gasteiger partial charge on any atom is -0.450 e.